The van der Waals surface area contributed by atoms with Gasteiger partial charge in [-0.1, -0.05) is 6.07 Å². The highest BCUT2D eigenvalue weighted by Crippen LogP contribution is 2.28. The predicted molar refractivity (Wildman–Crippen MR) is 134 cm³/mol. The van der Waals surface area contributed by atoms with Gasteiger partial charge in [0.05, 0.1) is 23.8 Å². The molecule has 0 aliphatic carbocycles. The second-order valence-corrected chi connectivity index (χ2v) is 8.41. The van der Waals surface area contributed by atoms with Crippen LogP contribution in [0.15, 0.2) is 55.0 Å². The summed E-state index contributed by atoms with van der Waals surface area (Å²) in [6, 6.07) is 11.1. The van der Waals surface area contributed by atoms with Gasteiger partial charge >= 0.3 is 0 Å². The van der Waals surface area contributed by atoms with E-state index >= 15 is 0 Å². The van der Waals surface area contributed by atoms with Gasteiger partial charge in [0.25, 0.3) is 5.91 Å². The second-order valence-electron chi connectivity index (χ2n) is 8.41. The average molecular weight is 444 g/mol. The highest BCUT2D eigenvalue weighted by atomic mass is 16.1. The smallest absolute Gasteiger partial charge is 0.274 e. The van der Waals surface area contributed by atoms with E-state index in [1.54, 1.807) is 36.7 Å². The van der Waals surface area contributed by atoms with Crippen LogP contribution in [0, 0.1) is 5.41 Å². The number of pyridine rings is 2. The zero-order valence-electron chi connectivity index (χ0n) is 19.0. The van der Waals surface area contributed by atoms with Gasteiger partial charge in [-0.25, -0.2) is 4.98 Å². The molecule has 2 aromatic heterocycles. The Morgan fingerprint density at radius 2 is 1.82 bits per heavy atom. The Balaban J connectivity index is 1.54. The highest BCUT2D eigenvalue weighted by Gasteiger charge is 2.17. The molecule has 3 aromatic rings. The molecule has 1 amide bonds. The normalized spacial score (nSPS) is 13.5. The largest absolute Gasteiger partial charge is 0.398 e. The molecule has 0 bridgehead atoms. The van der Waals surface area contributed by atoms with Gasteiger partial charge in [-0.15, -0.1) is 0 Å². The second kappa shape index (κ2) is 9.68. The summed E-state index contributed by atoms with van der Waals surface area (Å²) in [5.41, 5.74) is 10.1. The zero-order chi connectivity index (χ0) is 23.4. The number of hydrogen-bond donors (Lipinski definition) is 3. The van der Waals surface area contributed by atoms with Crippen LogP contribution in [-0.4, -0.2) is 48.8 Å². The van der Waals surface area contributed by atoms with Crippen molar-refractivity contribution in [2.45, 2.75) is 19.3 Å². The average Bonchev–Trinajstić information content (AvgIpc) is 2.85. The van der Waals surface area contributed by atoms with Crippen molar-refractivity contribution >= 4 is 34.5 Å². The molecule has 0 saturated carbocycles. The molecule has 1 saturated heterocycles. The van der Waals surface area contributed by atoms with Crippen LogP contribution in [-0.2, 0) is 4.79 Å². The quantitative estimate of drug-likeness (QED) is 0.395. The molecular formula is C25H29N7O. The highest BCUT2D eigenvalue weighted by molar-refractivity contribution is 6.48. The van der Waals surface area contributed by atoms with Gasteiger partial charge in [-0.3, -0.25) is 15.2 Å². The van der Waals surface area contributed by atoms with Crippen LogP contribution in [0.1, 0.15) is 24.8 Å². The third-order valence-electron chi connectivity index (χ3n) is 5.79. The number of carbonyl (C=O) groups is 1. The lowest BCUT2D eigenvalue weighted by Gasteiger charge is -2.28. The van der Waals surface area contributed by atoms with Crippen LogP contribution < -0.4 is 20.9 Å². The number of anilines is 4. The van der Waals surface area contributed by atoms with E-state index in [4.69, 9.17) is 11.1 Å². The van der Waals surface area contributed by atoms with Crippen LogP contribution in [0.2, 0.25) is 0 Å². The van der Waals surface area contributed by atoms with E-state index < -0.39 is 5.91 Å². The number of hydrogen-bond acceptors (Lipinski definition) is 7. The minimum Gasteiger partial charge on any atom is -0.398 e. The number of nitrogen functional groups attached to an aromatic ring is 1. The van der Waals surface area contributed by atoms with E-state index in [0.717, 1.165) is 35.7 Å². The topological polar surface area (TPSA) is 111 Å². The molecule has 0 radical (unpaired) electrons. The van der Waals surface area contributed by atoms with Gasteiger partial charge in [0.1, 0.15) is 11.5 Å². The van der Waals surface area contributed by atoms with E-state index in [1.165, 1.54) is 19.3 Å². The summed E-state index contributed by atoms with van der Waals surface area (Å²) >= 11 is 0. The third kappa shape index (κ3) is 5.11. The Labute approximate surface area is 194 Å². The molecule has 4 rings (SSSR count). The molecule has 1 fully saturated rings. The van der Waals surface area contributed by atoms with Crippen molar-refractivity contribution in [2.75, 3.05) is 48.0 Å². The van der Waals surface area contributed by atoms with E-state index in [9.17, 15) is 4.79 Å². The van der Waals surface area contributed by atoms with Crippen molar-refractivity contribution in [3.8, 4) is 11.1 Å². The van der Waals surface area contributed by atoms with Crippen LogP contribution in [0.25, 0.3) is 11.1 Å². The van der Waals surface area contributed by atoms with E-state index in [-0.39, 0.29) is 5.71 Å². The fourth-order valence-electron chi connectivity index (χ4n) is 3.90. The summed E-state index contributed by atoms with van der Waals surface area (Å²) in [5.74, 6) is 0.235. The van der Waals surface area contributed by atoms with E-state index in [1.807, 2.05) is 31.3 Å². The third-order valence-corrected chi connectivity index (χ3v) is 5.79. The molecule has 8 heteroatoms. The van der Waals surface area contributed by atoms with Crippen LogP contribution in [0.4, 0.5) is 22.9 Å². The fraction of sp³-hybridized carbons (Fsp3) is 0.280. The van der Waals surface area contributed by atoms with Crippen molar-refractivity contribution < 1.29 is 4.79 Å². The monoisotopic (exact) mass is 443 g/mol. The first-order chi connectivity index (χ1) is 15.9. The molecule has 1 aromatic carbocycles. The maximum Gasteiger partial charge on any atom is 0.274 e. The van der Waals surface area contributed by atoms with Crippen LogP contribution >= 0.6 is 0 Å². The maximum atomic E-state index is 12.7. The van der Waals surface area contributed by atoms with Crippen molar-refractivity contribution in [3.05, 3.63) is 60.6 Å². The Kier molecular flexibility index (Phi) is 6.53. The van der Waals surface area contributed by atoms with E-state index in [0.29, 0.717) is 16.9 Å². The van der Waals surface area contributed by atoms with Crippen molar-refractivity contribution in [2.24, 2.45) is 0 Å². The number of nitrogens with two attached hydrogens (primary N) is 1. The SMILES string of the molecule is CN(C)c1ccc(NC(=O)C(=N)c2cc(-c3cncc(N4CCCCC4)c3)ccc2N)cn1. The molecular weight excluding hydrogens is 414 g/mol. The Morgan fingerprint density at radius 3 is 2.52 bits per heavy atom. The summed E-state index contributed by atoms with van der Waals surface area (Å²) in [6.45, 7) is 2.07. The number of piperidine rings is 1. The number of amides is 1. The molecule has 8 nitrogen and oxygen atoms in total. The summed E-state index contributed by atoms with van der Waals surface area (Å²) in [5, 5.41) is 11.2. The Bertz CT molecular complexity index is 1150. The van der Waals surface area contributed by atoms with Gasteiger partial charge in [0, 0.05) is 50.2 Å². The zero-order valence-corrected chi connectivity index (χ0v) is 19.0. The molecule has 4 N–H and O–H groups in total. The molecule has 33 heavy (non-hydrogen) atoms. The lowest BCUT2D eigenvalue weighted by Crippen LogP contribution is -2.29. The summed E-state index contributed by atoms with van der Waals surface area (Å²) in [7, 11) is 3.79. The lowest BCUT2D eigenvalue weighted by molar-refractivity contribution is -0.110. The van der Waals surface area contributed by atoms with Gasteiger partial charge in [0.15, 0.2) is 0 Å². The molecule has 1 aliphatic heterocycles. The molecule has 0 atom stereocenters. The first kappa shape index (κ1) is 22.3. The number of nitrogens with one attached hydrogen (secondary N) is 2. The van der Waals surface area contributed by atoms with Gasteiger partial charge in [-0.2, -0.15) is 0 Å². The van der Waals surface area contributed by atoms with Gasteiger partial charge < -0.3 is 20.9 Å². The summed E-state index contributed by atoms with van der Waals surface area (Å²) in [6.07, 6.45) is 8.90. The molecule has 3 heterocycles. The van der Waals surface area contributed by atoms with Crippen molar-refractivity contribution in [1.29, 1.82) is 5.41 Å². The number of carbonyl (C=O) groups excluding carboxylic acids is 1. The first-order valence-corrected chi connectivity index (χ1v) is 11.1. The lowest BCUT2D eigenvalue weighted by atomic mass is 9.99. The minimum atomic E-state index is -0.543. The minimum absolute atomic E-state index is 0.203. The van der Waals surface area contributed by atoms with Gasteiger partial charge in [0.2, 0.25) is 0 Å². The molecule has 0 spiro atoms. The summed E-state index contributed by atoms with van der Waals surface area (Å²) in [4.78, 5) is 25.7. The van der Waals surface area contributed by atoms with Crippen molar-refractivity contribution in [3.63, 3.8) is 0 Å². The number of benzene rings is 1. The predicted octanol–water partition coefficient (Wildman–Crippen LogP) is 3.79. The maximum absolute atomic E-state index is 12.7. The van der Waals surface area contributed by atoms with E-state index in [2.05, 4.69) is 26.3 Å². The molecule has 0 unspecified atom stereocenters. The standard InChI is InChI=1S/C25H29N7O/c1-31(2)23-9-7-19(15-29-23)30-25(33)24(27)21-13-17(6-8-22(21)26)18-12-20(16-28-14-18)32-10-4-3-5-11-32/h6-9,12-16,27H,3-5,10-11,26H2,1-2H3,(H,30,33). The molecule has 170 valence electrons. The fourth-order valence-corrected chi connectivity index (χ4v) is 3.90. The first-order valence-electron chi connectivity index (χ1n) is 11.1. The van der Waals surface area contributed by atoms with Gasteiger partial charge in [-0.05, 0) is 55.2 Å². The molecule has 1 aliphatic rings. The van der Waals surface area contributed by atoms with Crippen molar-refractivity contribution in [1.82, 2.24) is 9.97 Å². The Morgan fingerprint density at radius 1 is 1.03 bits per heavy atom. The number of aromatic nitrogens is 2. The number of rotatable bonds is 6. The van der Waals surface area contributed by atoms with Crippen LogP contribution in [0.5, 0.6) is 0 Å². The Hall–Kier alpha value is -3.94. The van der Waals surface area contributed by atoms with Crippen LogP contribution in [0.3, 0.4) is 0 Å². The number of nitrogens with zero attached hydrogens (tertiary/aromatic N) is 4. The summed E-state index contributed by atoms with van der Waals surface area (Å²) < 4.78 is 0.